The van der Waals surface area contributed by atoms with Crippen molar-refractivity contribution in [2.45, 2.75) is 19.9 Å². The highest BCUT2D eigenvalue weighted by Crippen LogP contribution is 2.19. The van der Waals surface area contributed by atoms with Gasteiger partial charge in [-0.25, -0.2) is 9.97 Å². The number of aryl methyl sites for hydroxylation is 1. The highest BCUT2D eigenvalue weighted by Gasteiger charge is 2.09. The van der Waals surface area contributed by atoms with E-state index in [4.69, 9.17) is 5.26 Å². The second-order valence-corrected chi connectivity index (χ2v) is 4.07. The zero-order chi connectivity index (χ0) is 13.0. The van der Waals surface area contributed by atoms with Crippen LogP contribution in [0.4, 0.5) is 5.82 Å². The molecule has 0 amide bonds. The van der Waals surface area contributed by atoms with Gasteiger partial charge in [-0.1, -0.05) is 30.3 Å². The number of hydrogen-bond donors (Lipinski definition) is 1. The number of aromatic nitrogens is 2. The first-order valence-corrected chi connectivity index (χ1v) is 5.76. The maximum atomic E-state index is 9.02. The summed E-state index contributed by atoms with van der Waals surface area (Å²) in [5, 5.41) is 12.3. The predicted molar refractivity (Wildman–Crippen MR) is 70.0 cm³/mol. The molecule has 0 fully saturated rings. The molecule has 4 heteroatoms. The predicted octanol–water partition coefficient (Wildman–Crippen LogP) is 2.83. The molecule has 1 aromatic heterocycles. The van der Waals surface area contributed by atoms with Gasteiger partial charge >= 0.3 is 0 Å². The van der Waals surface area contributed by atoms with E-state index in [1.54, 1.807) is 13.1 Å². The first kappa shape index (κ1) is 12.1. The van der Waals surface area contributed by atoms with Crippen molar-refractivity contribution in [3.05, 3.63) is 53.5 Å². The molecule has 0 saturated heterocycles. The Balaban J connectivity index is 2.24. The van der Waals surface area contributed by atoms with Crippen LogP contribution in [-0.4, -0.2) is 9.97 Å². The molecule has 18 heavy (non-hydrogen) atoms. The van der Waals surface area contributed by atoms with Gasteiger partial charge in [-0.3, -0.25) is 0 Å². The van der Waals surface area contributed by atoms with Gasteiger partial charge in [-0.05, 0) is 19.4 Å². The molecule has 1 atom stereocenters. The Bertz CT molecular complexity index is 572. The molecule has 0 aliphatic carbocycles. The second kappa shape index (κ2) is 5.28. The summed E-state index contributed by atoms with van der Waals surface area (Å²) in [6, 6.07) is 12.2. The first-order chi connectivity index (χ1) is 8.70. The van der Waals surface area contributed by atoms with E-state index in [1.165, 1.54) is 0 Å². The lowest BCUT2D eigenvalue weighted by Crippen LogP contribution is -2.10. The average Bonchev–Trinajstić information content (AvgIpc) is 2.40. The van der Waals surface area contributed by atoms with Crippen molar-refractivity contribution < 1.29 is 0 Å². The topological polar surface area (TPSA) is 61.6 Å². The number of nitrogens with zero attached hydrogens (tertiary/aromatic N) is 3. The minimum Gasteiger partial charge on any atom is -0.362 e. The van der Waals surface area contributed by atoms with Gasteiger partial charge in [0.05, 0.1) is 6.20 Å². The van der Waals surface area contributed by atoms with Gasteiger partial charge in [0.1, 0.15) is 23.3 Å². The summed E-state index contributed by atoms with van der Waals surface area (Å²) in [7, 11) is 0. The molecule has 1 N–H and O–H groups in total. The molecule has 4 nitrogen and oxygen atoms in total. The van der Waals surface area contributed by atoms with Gasteiger partial charge in [-0.15, -0.1) is 0 Å². The van der Waals surface area contributed by atoms with Crippen LogP contribution in [-0.2, 0) is 0 Å². The molecule has 0 bridgehead atoms. The molecule has 0 saturated carbocycles. The molecule has 0 radical (unpaired) electrons. The second-order valence-electron chi connectivity index (χ2n) is 4.07. The largest absolute Gasteiger partial charge is 0.362 e. The van der Waals surface area contributed by atoms with Crippen LogP contribution < -0.4 is 5.32 Å². The van der Waals surface area contributed by atoms with E-state index in [1.807, 2.05) is 37.3 Å². The van der Waals surface area contributed by atoms with Crippen molar-refractivity contribution >= 4 is 5.82 Å². The molecular weight excluding hydrogens is 224 g/mol. The van der Waals surface area contributed by atoms with Crippen molar-refractivity contribution in [1.29, 1.82) is 5.26 Å². The maximum absolute atomic E-state index is 9.02. The minimum atomic E-state index is 0.0904. The smallest absolute Gasteiger partial charge is 0.148 e. The van der Waals surface area contributed by atoms with E-state index in [-0.39, 0.29) is 6.04 Å². The van der Waals surface area contributed by atoms with Gasteiger partial charge in [-0.2, -0.15) is 5.26 Å². The fourth-order valence-corrected chi connectivity index (χ4v) is 1.69. The number of nitriles is 1. The van der Waals surface area contributed by atoms with Crippen LogP contribution in [0.25, 0.3) is 0 Å². The maximum Gasteiger partial charge on any atom is 0.148 e. The third kappa shape index (κ3) is 2.64. The van der Waals surface area contributed by atoms with Gasteiger partial charge in [0, 0.05) is 6.04 Å². The van der Waals surface area contributed by atoms with E-state index in [0.29, 0.717) is 17.2 Å². The van der Waals surface area contributed by atoms with Crippen LogP contribution in [0.5, 0.6) is 0 Å². The number of benzene rings is 1. The molecule has 0 aliphatic heterocycles. The molecule has 1 aromatic carbocycles. The molecule has 90 valence electrons. The van der Waals surface area contributed by atoms with E-state index in [0.717, 1.165) is 5.56 Å². The lowest BCUT2D eigenvalue weighted by atomic mass is 10.1. The van der Waals surface area contributed by atoms with E-state index >= 15 is 0 Å². The SMILES string of the molecule is Cc1ncc(C#N)c(NC(C)c2ccccc2)n1. The summed E-state index contributed by atoms with van der Waals surface area (Å²) < 4.78 is 0. The summed E-state index contributed by atoms with van der Waals surface area (Å²) in [5.41, 5.74) is 1.61. The highest BCUT2D eigenvalue weighted by atomic mass is 15.0. The standard InChI is InChI=1S/C14H14N4/c1-10(12-6-4-3-5-7-12)17-14-13(8-15)9-16-11(2)18-14/h3-7,9-10H,1-2H3,(H,16,17,18). The van der Waals surface area contributed by atoms with E-state index < -0.39 is 0 Å². The Morgan fingerprint density at radius 1 is 1.28 bits per heavy atom. The molecule has 1 heterocycles. The Hall–Kier alpha value is -2.41. The van der Waals surface area contributed by atoms with E-state index in [2.05, 4.69) is 21.4 Å². The molecule has 0 spiro atoms. The summed E-state index contributed by atoms with van der Waals surface area (Å²) in [6.45, 7) is 3.84. The highest BCUT2D eigenvalue weighted by molar-refractivity contribution is 5.51. The van der Waals surface area contributed by atoms with Crippen molar-refractivity contribution in [3.63, 3.8) is 0 Å². The fourth-order valence-electron chi connectivity index (χ4n) is 1.69. The van der Waals surface area contributed by atoms with Crippen LogP contribution in [0.2, 0.25) is 0 Å². The van der Waals surface area contributed by atoms with Gasteiger partial charge in [0.15, 0.2) is 0 Å². The zero-order valence-electron chi connectivity index (χ0n) is 10.4. The number of rotatable bonds is 3. The Morgan fingerprint density at radius 3 is 2.67 bits per heavy atom. The van der Waals surface area contributed by atoms with Crippen molar-refractivity contribution in [1.82, 2.24) is 9.97 Å². The van der Waals surface area contributed by atoms with Crippen LogP contribution in [0, 0.1) is 18.3 Å². The molecule has 1 unspecified atom stereocenters. The van der Waals surface area contributed by atoms with Gasteiger partial charge < -0.3 is 5.32 Å². The molecule has 2 rings (SSSR count). The van der Waals surface area contributed by atoms with Crippen LogP contribution in [0.3, 0.4) is 0 Å². The normalized spacial score (nSPS) is 11.6. The number of hydrogen-bond acceptors (Lipinski definition) is 4. The first-order valence-electron chi connectivity index (χ1n) is 5.76. The molecule has 2 aromatic rings. The van der Waals surface area contributed by atoms with Crippen LogP contribution in [0.15, 0.2) is 36.5 Å². The quantitative estimate of drug-likeness (QED) is 0.893. The van der Waals surface area contributed by atoms with Gasteiger partial charge in [0.2, 0.25) is 0 Å². The molecular formula is C14H14N4. The van der Waals surface area contributed by atoms with Crippen LogP contribution >= 0.6 is 0 Å². The van der Waals surface area contributed by atoms with Gasteiger partial charge in [0.25, 0.3) is 0 Å². The third-order valence-electron chi connectivity index (χ3n) is 2.68. The number of anilines is 1. The summed E-state index contributed by atoms with van der Waals surface area (Å²) >= 11 is 0. The fraction of sp³-hybridized carbons (Fsp3) is 0.214. The zero-order valence-corrected chi connectivity index (χ0v) is 10.4. The van der Waals surface area contributed by atoms with Crippen LogP contribution in [0.1, 0.15) is 29.9 Å². The van der Waals surface area contributed by atoms with Crippen molar-refractivity contribution in [3.8, 4) is 6.07 Å². The monoisotopic (exact) mass is 238 g/mol. The third-order valence-corrected chi connectivity index (χ3v) is 2.68. The Kier molecular flexibility index (Phi) is 3.54. The lowest BCUT2D eigenvalue weighted by molar-refractivity contribution is 0.865. The number of nitrogens with one attached hydrogen (secondary N) is 1. The average molecular weight is 238 g/mol. The summed E-state index contributed by atoms with van der Waals surface area (Å²) in [5.74, 6) is 1.23. The Labute approximate surface area is 106 Å². The lowest BCUT2D eigenvalue weighted by Gasteiger charge is -2.15. The van der Waals surface area contributed by atoms with Crippen molar-refractivity contribution in [2.75, 3.05) is 5.32 Å². The van der Waals surface area contributed by atoms with E-state index in [9.17, 15) is 0 Å². The minimum absolute atomic E-state index is 0.0904. The molecule has 0 aliphatic rings. The van der Waals surface area contributed by atoms with Crippen molar-refractivity contribution in [2.24, 2.45) is 0 Å². The summed E-state index contributed by atoms with van der Waals surface area (Å²) in [6.07, 6.45) is 1.54. The summed E-state index contributed by atoms with van der Waals surface area (Å²) in [4.78, 5) is 8.28. The Morgan fingerprint density at radius 2 is 2.00 bits per heavy atom.